The van der Waals surface area contributed by atoms with E-state index in [9.17, 15) is 9.90 Å². The zero-order valence-corrected chi connectivity index (χ0v) is 12.3. The van der Waals surface area contributed by atoms with Crippen molar-refractivity contribution in [3.05, 3.63) is 29.3 Å². The summed E-state index contributed by atoms with van der Waals surface area (Å²) in [5, 5.41) is 21.4. The van der Waals surface area contributed by atoms with E-state index in [0.717, 1.165) is 19.4 Å². The van der Waals surface area contributed by atoms with Crippen LogP contribution < -0.4 is 10.1 Å². The molecule has 2 N–H and O–H groups in total. The first-order valence-corrected chi connectivity index (χ1v) is 7.02. The fourth-order valence-electron chi connectivity index (χ4n) is 2.21. The number of nitrogens with zero attached hydrogens (tertiary/aromatic N) is 1. The molecule has 1 fully saturated rings. The van der Waals surface area contributed by atoms with Gasteiger partial charge in [-0.1, -0.05) is 6.07 Å². The molecule has 1 saturated heterocycles. The lowest BCUT2D eigenvalue weighted by Gasteiger charge is -2.10. The van der Waals surface area contributed by atoms with Gasteiger partial charge in [0.25, 0.3) is 5.91 Å². The second-order valence-electron chi connectivity index (χ2n) is 4.95. The van der Waals surface area contributed by atoms with E-state index in [1.165, 1.54) is 19.3 Å². The standard InChI is InChI=1S/C16H18N2O4/c1-21-15-8-11(4-5-14(15)19)7-12(9-17)16(20)18-10-13-3-2-6-22-13/h4-5,7-8,13,19H,2-3,6,10H2,1H3,(H,18,20)/b12-7-/t13-/m0/s1. The van der Waals surface area contributed by atoms with E-state index in [0.29, 0.717) is 12.1 Å². The highest BCUT2D eigenvalue weighted by molar-refractivity contribution is 6.01. The number of ether oxygens (including phenoxy) is 2. The Morgan fingerprint density at radius 3 is 3.09 bits per heavy atom. The predicted octanol–water partition coefficient (Wildman–Crippen LogP) is 1.60. The van der Waals surface area contributed by atoms with Crippen LogP contribution in [-0.4, -0.2) is 37.4 Å². The maximum Gasteiger partial charge on any atom is 0.262 e. The van der Waals surface area contributed by atoms with Crippen LogP contribution in [0.5, 0.6) is 11.5 Å². The highest BCUT2D eigenvalue weighted by atomic mass is 16.5. The summed E-state index contributed by atoms with van der Waals surface area (Å²) in [6.45, 7) is 1.12. The monoisotopic (exact) mass is 302 g/mol. The van der Waals surface area contributed by atoms with Crippen molar-refractivity contribution in [2.75, 3.05) is 20.3 Å². The summed E-state index contributed by atoms with van der Waals surface area (Å²) in [4.78, 5) is 12.0. The number of phenols is 1. The van der Waals surface area contributed by atoms with Crippen LogP contribution in [0, 0.1) is 11.3 Å². The summed E-state index contributed by atoms with van der Waals surface area (Å²) in [5.41, 5.74) is 0.587. The first-order valence-electron chi connectivity index (χ1n) is 7.02. The largest absolute Gasteiger partial charge is 0.504 e. The molecule has 0 radical (unpaired) electrons. The van der Waals surface area contributed by atoms with Gasteiger partial charge in [0.05, 0.1) is 13.2 Å². The molecule has 1 aliphatic heterocycles. The Morgan fingerprint density at radius 1 is 1.64 bits per heavy atom. The Balaban J connectivity index is 2.06. The lowest BCUT2D eigenvalue weighted by Crippen LogP contribution is -2.32. The summed E-state index contributed by atoms with van der Waals surface area (Å²) in [7, 11) is 1.43. The number of nitrogens with one attached hydrogen (secondary N) is 1. The molecule has 6 heteroatoms. The molecule has 0 aromatic heterocycles. The number of rotatable bonds is 5. The molecule has 22 heavy (non-hydrogen) atoms. The van der Waals surface area contributed by atoms with Crippen molar-refractivity contribution in [3.63, 3.8) is 0 Å². The second kappa shape index (κ2) is 7.48. The molecule has 1 heterocycles. The van der Waals surface area contributed by atoms with Crippen molar-refractivity contribution in [3.8, 4) is 17.6 Å². The smallest absolute Gasteiger partial charge is 0.262 e. The molecule has 2 rings (SSSR count). The molecule has 0 saturated carbocycles. The van der Waals surface area contributed by atoms with Crippen LogP contribution in [0.4, 0.5) is 0 Å². The molecule has 1 aromatic carbocycles. The van der Waals surface area contributed by atoms with Crippen molar-refractivity contribution < 1.29 is 19.4 Å². The highest BCUT2D eigenvalue weighted by Crippen LogP contribution is 2.27. The summed E-state index contributed by atoms with van der Waals surface area (Å²) in [6.07, 6.45) is 3.39. The SMILES string of the molecule is COc1cc(/C=C(/C#N)C(=O)NC[C@@H]2CCCO2)ccc1O. The predicted molar refractivity (Wildman–Crippen MR) is 80.2 cm³/mol. The average Bonchev–Trinajstić information content (AvgIpc) is 3.05. The van der Waals surface area contributed by atoms with Crippen molar-refractivity contribution in [2.24, 2.45) is 0 Å². The third kappa shape index (κ3) is 3.99. The van der Waals surface area contributed by atoms with E-state index in [1.807, 2.05) is 6.07 Å². The summed E-state index contributed by atoms with van der Waals surface area (Å²) in [5.74, 6) is -0.156. The van der Waals surface area contributed by atoms with Crippen LogP contribution in [0.2, 0.25) is 0 Å². The number of methoxy groups -OCH3 is 1. The number of aromatic hydroxyl groups is 1. The van der Waals surface area contributed by atoms with E-state index in [1.54, 1.807) is 12.1 Å². The van der Waals surface area contributed by atoms with Crippen LogP contribution in [0.25, 0.3) is 6.08 Å². The van der Waals surface area contributed by atoms with Gasteiger partial charge in [-0.25, -0.2) is 0 Å². The second-order valence-corrected chi connectivity index (χ2v) is 4.95. The van der Waals surface area contributed by atoms with Crippen LogP contribution in [-0.2, 0) is 9.53 Å². The molecule has 1 aliphatic rings. The summed E-state index contributed by atoms with van der Waals surface area (Å²) >= 11 is 0. The first kappa shape index (κ1) is 15.9. The van der Waals surface area contributed by atoms with Gasteiger partial charge in [-0.05, 0) is 36.6 Å². The molecule has 0 bridgehead atoms. The Labute approximate surface area is 129 Å². The number of carbonyl (C=O) groups excluding carboxylic acids is 1. The van der Waals surface area contributed by atoms with Gasteiger partial charge in [0.1, 0.15) is 11.6 Å². The third-order valence-electron chi connectivity index (χ3n) is 3.39. The molecule has 1 atom stereocenters. The molecule has 1 aromatic rings. The lowest BCUT2D eigenvalue weighted by molar-refractivity contribution is -0.117. The van der Waals surface area contributed by atoms with Crippen molar-refractivity contribution in [1.82, 2.24) is 5.32 Å². The number of hydrogen-bond donors (Lipinski definition) is 2. The molecule has 116 valence electrons. The molecule has 0 unspecified atom stereocenters. The number of amides is 1. The first-order chi connectivity index (χ1) is 10.6. The number of phenolic OH excluding ortho intramolecular Hbond substituents is 1. The van der Waals surface area contributed by atoms with Crippen molar-refractivity contribution in [2.45, 2.75) is 18.9 Å². The van der Waals surface area contributed by atoms with Crippen LogP contribution in [0.15, 0.2) is 23.8 Å². The van der Waals surface area contributed by atoms with E-state index in [4.69, 9.17) is 14.7 Å². The molecule has 0 spiro atoms. The van der Waals surface area contributed by atoms with Gasteiger partial charge in [0, 0.05) is 13.2 Å². The van der Waals surface area contributed by atoms with Gasteiger partial charge < -0.3 is 19.9 Å². The van der Waals surface area contributed by atoms with Crippen LogP contribution in [0.1, 0.15) is 18.4 Å². The average molecular weight is 302 g/mol. The van der Waals surface area contributed by atoms with Gasteiger partial charge in [-0.3, -0.25) is 4.79 Å². The Bertz CT molecular complexity index is 613. The zero-order valence-electron chi connectivity index (χ0n) is 12.3. The van der Waals surface area contributed by atoms with Gasteiger partial charge in [-0.15, -0.1) is 0 Å². The highest BCUT2D eigenvalue weighted by Gasteiger charge is 2.17. The quantitative estimate of drug-likeness (QED) is 0.637. The van der Waals surface area contributed by atoms with E-state index >= 15 is 0 Å². The number of carbonyl (C=O) groups is 1. The number of benzene rings is 1. The molecule has 1 amide bonds. The number of nitriles is 1. The molecule has 6 nitrogen and oxygen atoms in total. The molecule has 0 aliphatic carbocycles. The van der Waals surface area contributed by atoms with Crippen molar-refractivity contribution >= 4 is 12.0 Å². The topological polar surface area (TPSA) is 91.6 Å². The maximum absolute atomic E-state index is 12.0. The molecular weight excluding hydrogens is 284 g/mol. The summed E-state index contributed by atoms with van der Waals surface area (Å²) < 4.78 is 10.4. The maximum atomic E-state index is 12.0. The van der Waals surface area contributed by atoms with Gasteiger partial charge >= 0.3 is 0 Å². The van der Waals surface area contributed by atoms with Gasteiger partial charge in [-0.2, -0.15) is 5.26 Å². The van der Waals surface area contributed by atoms with Crippen LogP contribution in [0.3, 0.4) is 0 Å². The zero-order chi connectivity index (χ0) is 15.9. The normalized spacial score (nSPS) is 17.8. The van der Waals surface area contributed by atoms with Crippen molar-refractivity contribution in [1.29, 1.82) is 5.26 Å². The third-order valence-corrected chi connectivity index (χ3v) is 3.39. The van der Waals surface area contributed by atoms with Crippen LogP contribution >= 0.6 is 0 Å². The minimum Gasteiger partial charge on any atom is -0.504 e. The minimum absolute atomic E-state index is 0.000918. The fraction of sp³-hybridized carbons (Fsp3) is 0.375. The summed E-state index contributed by atoms with van der Waals surface area (Å²) in [6, 6.07) is 6.49. The van der Waals surface area contributed by atoms with E-state index in [2.05, 4.69) is 5.32 Å². The fourth-order valence-corrected chi connectivity index (χ4v) is 2.21. The Morgan fingerprint density at radius 2 is 2.45 bits per heavy atom. The Hall–Kier alpha value is -2.52. The Kier molecular flexibility index (Phi) is 5.39. The lowest BCUT2D eigenvalue weighted by atomic mass is 10.1. The van der Waals surface area contributed by atoms with E-state index in [-0.39, 0.29) is 23.2 Å². The number of hydrogen-bond acceptors (Lipinski definition) is 5. The molecular formula is C16H18N2O4. The van der Waals surface area contributed by atoms with Gasteiger partial charge in [0.15, 0.2) is 11.5 Å². The van der Waals surface area contributed by atoms with E-state index < -0.39 is 5.91 Å². The minimum atomic E-state index is -0.440. The van der Waals surface area contributed by atoms with Gasteiger partial charge in [0.2, 0.25) is 0 Å².